The highest BCUT2D eigenvalue weighted by Crippen LogP contribution is 2.37. The first-order valence-electron chi connectivity index (χ1n) is 7.83. The van der Waals surface area contributed by atoms with Gasteiger partial charge in [0.15, 0.2) is 0 Å². The van der Waals surface area contributed by atoms with Gasteiger partial charge in [-0.15, -0.1) is 0 Å². The number of nitrogen functional groups attached to an aromatic ring is 1. The number of aryl methyl sites for hydroxylation is 1. The van der Waals surface area contributed by atoms with E-state index >= 15 is 0 Å². The number of carboxylic acids is 1. The third kappa shape index (κ3) is 3.21. The van der Waals surface area contributed by atoms with Gasteiger partial charge < -0.3 is 15.6 Å². The van der Waals surface area contributed by atoms with E-state index < -0.39 is 5.97 Å². The number of hydrogen-bond acceptors (Lipinski definition) is 7. The lowest BCUT2D eigenvalue weighted by atomic mass is 9.80. The lowest BCUT2D eigenvalue weighted by Crippen LogP contribution is -2.21. The van der Waals surface area contributed by atoms with Gasteiger partial charge in [0.05, 0.1) is 7.11 Å². The fourth-order valence-electron chi connectivity index (χ4n) is 3.25. The van der Waals surface area contributed by atoms with Crippen molar-refractivity contribution in [2.24, 2.45) is 5.92 Å². The second kappa shape index (κ2) is 6.73. The average Bonchev–Trinajstić information content (AvgIpc) is 2.60. The number of fused-ring (bicyclic) bond motifs is 1. The number of anilines is 1. The van der Waals surface area contributed by atoms with Crippen molar-refractivity contribution >= 4 is 11.8 Å². The Morgan fingerprint density at radius 2 is 2.20 bits per heavy atom. The number of carboxylic acid groups (broad SMARTS) is 1. The van der Waals surface area contributed by atoms with Crippen molar-refractivity contribution in [3.8, 4) is 23.2 Å². The minimum absolute atomic E-state index is 0.000107. The molecule has 3 rings (SSSR count). The Kier molecular flexibility index (Phi) is 4.48. The van der Waals surface area contributed by atoms with Crippen molar-refractivity contribution in [2.45, 2.75) is 25.7 Å². The number of methoxy groups -OCH3 is 1. The summed E-state index contributed by atoms with van der Waals surface area (Å²) in [5.74, 6) is -0.657. The van der Waals surface area contributed by atoms with E-state index in [0.29, 0.717) is 24.0 Å². The summed E-state index contributed by atoms with van der Waals surface area (Å²) in [4.78, 5) is 23.6. The number of nitriles is 1. The van der Waals surface area contributed by atoms with Crippen LogP contribution in [-0.2, 0) is 17.6 Å². The van der Waals surface area contributed by atoms with Crippen molar-refractivity contribution in [1.82, 2.24) is 15.0 Å². The zero-order chi connectivity index (χ0) is 18.0. The first-order valence-corrected chi connectivity index (χ1v) is 7.83. The van der Waals surface area contributed by atoms with Gasteiger partial charge in [0.1, 0.15) is 17.5 Å². The van der Waals surface area contributed by atoms with Gasteiger partial charge in [0.2, 0.25) is 0 Å². The molecule has 2 heterocycles. The molecule has 1 aliphatic rings. The summed E-state index contributed by atoms with van der Waals surface area (Å²) in [7, 11) is 1.47. The van der Waals surface area contributed by atoms with Gasteiger partial charge in [-0.1, -0.05) is 0 Å². The van der Waals surface area contributed by atoms with Gasteiger partial charge in [-0.2, -0.15) is 5.26 Å². The monoisotopic (exact) mass is 339 g/mol. The second-order valence-electron chi connectivity index (χ2n) is 5.95. The Hall–Kier alpha value is -3.21. The molecule has 0 bridgehead atoms. The molecule has 0 radical (unpaired) electrons. The normalized spacial score (nSPS) is 15.9. The van der Waals surface area contributed by atoms with E-state index in [4.69, 9.17) is 15.6 Å². The second-order valence-corrected chi connectivity index (χ2v) is 5.95. The van der Waals surface area contributed by atoms with Crippen LogP contribution in [-0.4, -0.2) is 33.1 Å². The van der Waals surface area contributed by atoms with Crippen LogP contribution in [0.4, 0.5) is 5.82 Å². The largest absolute Gasteiger partial charge is 0.481 e. The Labute approximate surface area is 144 Å². The number of aliphatic carboxylic acids is 1. The van der Waals surface area contributed by atoms with Crippen LogP contribution in [0.25, 0.3) is 11.1 Å². The van der Waals surface area contributed by atoms with Crippen LogP contribution in [0.5, 0.6) is 6.01 Å². The molecular formula is C17H17N5O3. The van der Waals surface area contributed by atoms with E-state index in [-0.39, 0.29) is 29.7 Å². The minimum atomic E-state index is -0.827. The zero-order valence-corrected chi connectivity index (χ0v) is 13.7. The number of hydrogen-bond donors (Lipinski definition) is 2. The highest BCUT2D eigenvalue weighted by Gasteiger charge is 2.28. The SMILES string of the molecule is COc1ncc(-c2c(C#N)c(N)nc3c2CC(CC(=O)O)CC3)cn1. The van der Waals surface area contributed by atoms with Crippen molar-refractivity contribution in [2.75, 3.05) is 12.8 Å². The molecule has 0 aromatic carbocycles. The number of pyridine rings is 1. The maximum absolute atomic E-state index is 11.1. The fraction of sp³-hybridized carbons (Fsp3) is 0.353. The number of rotatable bonds is 4. The van der Waals surface area contributed by atoms with E-state index in [1.165, 1.54) is 7.11 Å². The fourth-order valence-corrected chi connectivity index (χ4v) is 3.25. The molecule has 0 fully saturated rings. The van der Waals surface area contributed by atoms with E-state index in [1.807, 2.05) is 0 Å². The summed E-state index contributed by atoms with van der Waals surface area (Å²) in [6, 6.07) is 2.33. The molecule has 2 aromatic heterocycles. The van der Waals surface area contributed by atoms with Crippen molar-refractivity contribution in [3.63, 3.8) is 0 Å². The summed E-state index contributed by atoms with van der Waals surface area (Å²) < 4.78 is 4.97. The lowest BCUT2D eigenvalue weighted by molar-refractivity contribution is -0.138. The summed E-state index contributed by atoms with van der Waals surface area (Å²) in [5, 5.41) is 18.6. The van der Waals surface area contributed by atoms with Crippen LogP contribution < -0.4 is 10.5 Å². The molecule has 8 heteroatoms. The van der Waals surface area contributed by atoms with Crippen LogP contribution in [0.3, 0.4) is 0 Å². The molecule has 1 aliphatic carbocycles. The third-order valence-electron chi connectivity index (χ3n) is 4.37. The van der Waals surface area contributed by atoms with Crippen LogP contribution in [0, 0.1) is 17.2 Å². The molecule has 3 N–H and O–H groups in total. The Balaban J connectivity index is 2.13. The van der Waals surface area contributed by atoms with Crippen LogP contribution in [0.15, 0.2) is 12.4 Å². The topological polar surface area (TPSA) is 135 Å². The highest BCUT2D eigenvalue weighted by atomic mass is 16.5. The van der Waals surface area contributed by atoms with E-state index in [0.717, 1.165) is 17.7 Å². The number of nitrogens with zero attached hydrogens (tertiary/aromatic N) is 4. The van der Waals surface area contributed by atoms with E-state index in [2.05, 4.69) is 21.0 Å². The molecule has 2 aromatic rings. The molecule has 128 valence electrons. The Morgan fingerprint density at radius 3 is 2.80 bits per heavy atom. The summed E-state index contributed by atoms with van der Waals surface area (Å²) >= 11 is 0. The molecular weight excluding hydrogens is 322 g/mol. The molecule has 1 atom stereocenters. The summed E-state index contributed by atoms with van der Waals surface area (Å²) in [6.45, 7) is 0. The lowest BCUT2D eigenvalue weighted by Gasteiger charge is -2.26. The maximum Gasteiger partial charge on any atom is 0.316 e. The predicted octanol–water partition coefficient (Wildman–Crippen LogP) is 1.58. The molecule has 8 nitrogen and oxygen atoms in total. The van der Waals surface area contributed by atoms with Gasteiger partial charge >= 0.3 is 12.0 Å². The smallest absolute Gasteiger partial charge is 0.316 e. The van der Waals surface area contributed by atoms with E-state index in [9.17, 15) is 10.1 Å². The minimum Gasteiger partial charge on any atom is -0.481 e. The highest BCUT2D eigenvalue weighted by molar-refractivity contribution is 5.78. The predicted molar refractivity (Wildman–Crippen MR) is 88.7 cm³/mol. The molecule has 0 spiro atoms. The molecule has 0 aliphatic heterocycles. The quantitative estimate of drug-likeness (QED) is 0.857. The van der Waals surface area contributed by atoms with Gasteiger partial charge in [-0.3, -0.25) is 4.79 Å². The van der Waals surface area contributed by atoms with Crippen LogP contribution >= 0.6 is 0 Å². The molecule has 0 saturated carbocycles. The third-order valence-corrected chi connectivity index (χ3v) is 4.37. The molecule has 1 unspecified atom stereocenters. The average molecular weight is 339 g/mol. The number of aromatic nitrogens is 3. The van der Waals surface area contributed by atoms with Crippen molar-refractivity contribution < 1.29 is 14.6 Å². The number of ether oxygens (including phenoxy) is 1. The first kappa shape index (κ1) is 16.6. The van der Waals surface area contributed by atoms with Crippen LogP contribution in [0.1, 0.15) is 29.7 Å². The Morgan fingerprint density at radius 1 is 1.48 bits per heavy atom. The standard InChI is InChI=1S/C17H17N5O3/c1-25-17-20-7-10(8-21-17)15-11-4-9(5-14(23)24)2-3-13(11)22-16(19)12(15)6-18/h7-9H,2-5H2,1H3,(H2,19,22)(H,23,24). The van der Waals surface area contributed by atoms with Crippen molar-refractivity contribution in [3.05, 3.63) is 29.2 Å². The van der Waals surface area contributed by atoms with Crippen LogP contribution in [0.2, 0.25) is 0 Å². The van der Waals surface area contributed by atoms with Gasteiger partial charge in [-0.05, 0) is 30.7 Å². The van der Waals surface area contributed by atoms with Gasteiger partial charge in [0.25, 0.3) is 0 Å². The first-order chi connectivity index (χ1) is 12.0. The molecule has 25 heavy (non-hydrogen) atoms. The van der Waals surface area contributed by atoms with E-state index in [1.54, 1.807) is 12.4 Å². The number of carbonyl (C=O) groups is 1. The van der Waals surface area contributed by atoms with Crippen molar-refractivity contribution in [1.29, 1.82) is 5.26 Å². The van der Waals surface area contributed by atoms with Gasteiger partial charge in [-0.25, -0.2) is 15.0 Å². The maximum atomic E-state index is 11.1. The zero-order valence-electron chi connectivity index (χ0n) is 13.7. The summed E-state index contributed by atoms with van der Waals surface area (Å²) in [6.07, 6.45) is 5.13. The molecule has 0 amide bonds. The number of nitrogens with two attached hydrogens (primary N) is 1. The molecule has 0 saturated heterocycles. The van der Waals surface area contributed by atoms with Gasteiger partial charge in [0, 0.05) is 35.6 Å². The summed E-state index contributed by atoms with van der Waals surface area (Å²) in [5.41, 5.74) is 9.19. The Bertz CT molecular complexity index is 858.